The lowest BCUT2D eigenvalue weighted by molar-refractivity contribution is -0.339. The Balaban J connectivity index is 1.53. The average molecular weight is 545 g/mol. The number of hydrogen-bond acceptors (Lipinski definition) is 13. The molecule has 0 radical (unpaired) electrons. The van der Waals surface area contributed by atoms with Gasteiger partial charge >= 0.3 is 11.9 Å². The third-order valence-electron chi connectivity index (χ3n) is 7.15. The van der Waals surface area contributed by atoms with Crippen molar-refractivity contribution in [3.63, 3.8) is 0 Å². The number of fused-ring (bicyclic) bond motifs is 1. The van der Waals surface area contributed by atoms with E-state index in [1.54, 1.807) is 0 Å². The number of rotatable bonds is 8. The summed E-state index contributed by atoms with van der Waals surface area (Å²) in [5.41, 5.74) is 0.0941. The van der Waals surface area contributed by atoms with Crippen LogP contribution >= 0.6 is 0 Å². The Morgan fingerprint density at radius 1 is 1.11 bits per heavy atom. The van der Waals surface area contributed by atoms with E-state index in [2.05, 4.69) is 6.58 Å². The summed E-state index contributed by atoms with van der Waals surface area (Å²) >= 11 is 0. The molecule has 3 heterocycles. The molecule has 0 saturated carbocycles. The number of methoxy groups -OCH3 is 1. The van der Waals surface area contributed by atoms with Crippen LogP contribution in [0.5, 0.6) is 0 Å². The molecule has 4 rings (SSSR count). The van der Waals surface area contributed by atoms with Crippen molar-refractivity contribution in [2.45, 2.75) is 74.4 Å². The van der Waals surface area contributed by atoms with Crippen LogP contribution in [0.1, 0.15) is 12.8 Å². The van der Waals surface area contributed by atoms with Gasteiger partial charge in [0.05, 0.1) is 31.7 Å². The van der Waals surface area contributed by atoms with E-state index in [0.717, 1.165) is 6.26 Å². The summed E-state index contributed by atoms with van der Waals surface area (Å²) in [5, 5.41) is 59.6. The Kier molecular flexibility index (Phi) is 8.86. The summed E-state index contributed by atoms with van der Waals surface area (Å²) < 4.78 is 33.4. The van der Waals surface area contributed by atoms with E-state index in [4.69, 9.17) is 28.4 Å². The van der Waals surface area contributed by atoms with Gasteiger partial charge in [-0.1, -0.05) is 6.08 Å². The maximum atomic E-state index is 12.5. The molecule has 2 fully saturated rings. The molecule has 0 spiro atoms. The zero-order valence-electron chi connectivity index (χ0n) is 20.4. The summed E-state index contributed by atoms with van der Waals surface area (Å²) in [5.74, 6) is -3.41. The summed E-state index contributed by atoms with van der Waals surface area (Å²) in [6, 6.07) is 0. The van der Waals surface area contributed by atoms with Gasteiger partial charge in [-0.3, -0.25) is 0 Å². The molecular formula is C24H32O14. The topological polar surface area (TPSA) is 211 Å². The lowest BCUT2D eigenvalue weighted by atomic mass is 9.81. The molecule has 0 amide bonds. The maximum absolute atomic E-state index is 12.5. The second kappa shape index (κ2) is 11.8. The predicted octanol–water partition coefficient (Wildman–Crippen LogP) is -2.09. The quantitative estimate of drug-likeness (QED) is 0.143. The minimum Gasteiger partial charge on any atom is -0.478 e. The first-order valence-corrected chi connectivity index (χ1v) is 12.0. The number of carboxylic acids is 1. The van der Waals surface area contributed by atoms with Crippen molar-refractivity contribution in [3.8, 4) is 0 Å². The lowest BCUT2D eigenvalue weighted by Crippen LogP contribution is -2.60. The fourth-order valence-corrected chi connectivity index (χ4v) is 5.09. The number of aliphatic carboxylic acids is 1. The minimum absolute atomic E-state index is 0.00109. The highest BCUT2D eigenvalue weighted by Gasteiger charge is 2.50. The zero-order valence-corrected chi connectivity index (χ0v) is 20.4. The molecule has 6 N–H and O–H groups in total. The Hall–Kier alpha value is -2.40. The van der Waals surface area contributed by atoms with Crippen molar-refractivity contribution in [3.05, 3.63) is 36.1 Å². The third kappa shape index (κ3) is 5.50. The van der Waals surface area contributed by atoms with Crippen LogP contribution in [0.4, 0.5) is 0 Å². The number of aliphatic hydroxyl groups excluding tert-OH is 5. The molecule has 4 unspecified atom stereocenters. The van der Waals surface area contributed by atoms with Crippen LogP contribution in [0, 0.1) is 11.8 Å². The lowest BCUT2D eigenvalue weighted by Gasteiger charge is -2.43. The molecule has 0 aromatic rings. The van der Waals surface area contributed by atoms with Gasteiger partial charge in [0.25, 0.3) is 0 Å². The second-order valence-electron chi connectivity index (χ2n) is 9.46. The van der Waals surface area contributed by atoms with Gasteiger partial charge in [-0.15, -0.1) is 6.58 Å². The molecule has 1 aliphatic carbocycles. The highest BCUT2D eigenvalue weighted by atomic mass is 16.8. The molecule has 0 aromatic carbocycles. The Labute approximate surface area is 217 Å². The molecule has 4 aliphatic rings. The van der Waals surface area contributed by atoms with E-state index in [1.165, 1.54) is 19.3 Å². The number of esters is 1. The summed E-state index contributed by atoms with van der Waals surface area (Å²) in [4.78, 5) is 23.9. The summed E-state index contributed by atoms with van der Waals surface area (Å²) in [6.07, 6.45) is -8.71. The zero-order chi connectivity index (χ0) is 27.7. The van der Waals surface area contributed by atoms with E-state index in [0.29, 0.717) is 0 Å². The highest BCUT2D eigenvalue weighted by molar-refractivity contribution is 5.89. The van der Waals surface area contributed by atoms with Crippen molar-refractivity contribution in [2.24, 2.45) is 11.8 Å². The van der Waals surface area contributed by atoms with Gasteiger partial charge in [-0.05, 0) is 6.08 Å². The van der Waals surface area contributed by atoms with Gasteiger partial charge in [-0.25, -0.2) is 9.59 Å². The molecule has 212 valence electrons. The van der Waals surface area contributed by atoms with Crippen LogP contribution in [0.25, 0.3) is 0 Å². The number of carbonyl (C=O) groups is 2. The van der Waals surface area contributed by atoms with Gasteiger partial charge in [0.2, 0.25) is 6.29 Å². The van der Waals surface area contributed by atoms with Gasteiger partial charge < -0.3 is 59.1 Å². The molecule has 3 aliphatic heterocycles. The number of carbonyl (C=O) groups excluding carboxylic acids is 1. The molecule has 14 heteroatoms. The number of carboxylic acid groups (broad SMARTS) is 1. The number of hydrogen-bond donors (Lipinski definition) is 6. The second-order valence-corrected chi connectivity index (χ2v) is 9.46. The van der Waals surface area contributed by atoms with Gasteiger partial charge in [0.15, 0.2) is 12.6 Å². The predicted molar refractivity (Wildman–Crippen MR) is 121 cm³/mol. The van der Waals surface area contributed by atoms with Gasteiger partial charge in [-0.2, -0.15) is 0 Å². The maximum Gasteiger partial charge on any atom is 0.337 e. The Morgan fingerprint density at radius 3 is 2.47 bits per heavy atom. The SMILES string of the molecule is C=C[C@@H]1C(C[C@@H]2OC3C=C(C(=O)O)CC(O)C3O2)C(C(=O)OC)=CO[C@H]1O[C@@H]1O[C@H](CO)[C@@H](O)[C@H](O)[C@H]1O. The number of ether oxygens (including phenoxy) is 6. The summed E-state index contributed by atoms with van der Waals surface area (Å²) in [6.45, 7) is 3.14. The fraction of sp³-hybridized carbons (Fsp3) is 0.667. The Morgan fingerprint density at radius 2 is 1.84 bits per heavy atom. The van der Waals surface area contributed by atoms with Crippen molar-refractivity contribution in [2.75, 3.05) is 13.7 Å². The van der Waals surface area contributed by atoms with E-state index >= 15 is 0 Å². The highest BCUT2D eigenvalue weighted by Crippen LogP contribution is 2.41. The normalized spacial score (nSPS) is 42.8. The van der Waals surface area contributed by atoms with Crippen molar-refractivity contribution < 1.29 is 68.6 Å². The molecule has 38 heavy (non-hydrogen) atoms. The first-order chi connectivity index (χ1) is 18.1. The number of aliphatic hydroxyl groups is 5. The monoisotopic (exact) mass is 544 g/mol. The molecule has 0 bridgehead atoms. The minimum atomic E-state index is -1.69. The first kappa shape index (κ1) is 28.6. The molecular weight excluding hydrogens is 512 g/mol. The third-order valence-corrected chi connectivity index (χ3v) is 7.15. The van der Waals surface area contributed by atoms with Crippen molar-refractivity contribution in [1.82, 2.24) is 0 Å². The van der Waals surface area contributed by atoms with Crippen molar-refractivity contribution >= 4 is 11.9 Å². The van der Waals surface area contributed by atoms with Gasteiger partial charge in [0, 0.05) is 30.3 Å². The fourth-order valence-electron chi connectivity index (χ4n) is 5.09. The summed E-state index contributed by atoms with van der Waals surface area (Å²) in [7, 11) is 1.19. The molecule has 14 nitrogen and oxygen atoms in total. The van der Waals surface area contributed by atoms with E-state index in [9.17, 15) is 40.2 Å². The molecule has 0 aromatic heterocycles. The first-order valence-electron chi connectivity index (χ1n) is 12.0. The molecule has 12 atom stereocenters. The van der Waals surface area contributed by atoms with Crippen LogP contribution in [-0.2, 0) is 38.0 Å². The van der Waals surface area contributed by atoms with Crippen LogP contribution in [0.15, 0.2) is 36.1 Å². The van der Waals surface area contributed by atoms with E-state index in [1.807, 2.05) is 0 Å². The standard InChI is InChI=1S/C24H32O14/c1-3-10-11(6-16-35-14-5-9(21(30)31)4-13(26)20(14)37-16)12(22(32)33-2)8-34-23(10)38-24-19(29)18(28)17(27)15(7-25)36-24/h3,5,8,10-11,13-20,23-29H,1,4,6-7H2,2H3,(H,30,31)/t10-,11?,13?,14?,15-,16-,17-,18+,19-,20?,23+,24+/m1/s1. The van der Waals surface area contributed by atoms with Crippen LogP contribution in [0.2, 0.25) is 0 Å². The average Bonchev–Trinajstić information content (AvgIpc) is 3.31. The smallest absolute Gasteiger partial charge is 0.337 e. The van der Waals surface area contributed by atoms with Crippen LogP contribution in [0.3, 0.4) is 0 Å². The Bertz CT molecular complexity index is 962. The largest absolute Gasteiger partial charge is 0.478 e. The van der Waals surface area contributed by atoms with Crippen LogP contribution in [-0.4, -0.2) is 118 Å². The van der Waals surface area contributed by atoms with E-state index < -0.39 is 92.0 Å². The van der Waals surface area contributed by atoms with Gasteiger partial charge in [0.1, 0.15) is 36.6 Å². The van der Waals surface area contributed by atoms with Crippen LogP contribution < -0.4 is 0 Å². The molecule has 2 saturated heterocycles. The van der Waals surface area contributed by atoms with Crippen molar-refractivity contribution in [1.29, 1.82) is 0 Å². The van der Waals surface area contributed by atoms with E-state index in [-0.39, 0.29) is 24.0 Å².